The Labute approximate surface area is 186 Å². The van der Waals surface area contributed by atoms with E-state index in [0.29, 0.717) is 36.7 Å². The molecule has 0 radical (unpaired) electrons. The zero-order valence-corrected chi connectivity index (χ0v) is 17.8. The van der Waals surface area contributed by atoms with Gasteiger partial charge in [0.2, 0.25) is 6.79 Å². The fourth-order valence-corrected chi connectivity index (χ4v) is 4.35. The van der Waals surface area contributed by atoms with Crippen LogP contribution in [0, 0.1) is 0 Å². The Bertz CT molecular complexity index is 1150. The first-order valence-corrected chi connectivity index (χ1v) is 11.0. The minimum absolute atomic E-state index is 0.0944. The van der Waals surface area contributed by atoms with Gasteiger partial charge in [0.25, 0.3) is 11.8 Å². The Kier molecular flexibility index (Phi) is 5.64. The number of hydrogen-bond acceptors (Lipinski definition) is 4. The highest BCUT2D eigenvalue weighted by Gasteiger charge is 2.25. The van der Waals surface area contributed by atoms with E-state index in [2.05, 4.69) is 5.32 Å². The molecule has 2 aliphatic heterocycles. The minimum atomic E-state index is -0.118. The van der Waals surface area contributed by atoms with Crippen molar-refractivity contribution in [3.63, 3.8) is 0 Å². The number of carbonyl (C=O) groups is 2. The van der Waals surface area contributed by atoms with Crippen LogP contribution in [0.2, 0.25) is 0 Å². The van der Waals surface area contributed by atoms with Crippen molar-refractivity contribution in [3.8, 4) is 11.5 Å². The predicted molar refractivity (Wildman–Crippen MR) is 120 cm³/mol. The van der Waals surface area contributed by atoms with Crippen molar-refractivity contribution in [3.05, 3.63) is 71.8 Å². The molecular formula is C25H26N3O4+. The first kappa shape index (κ1) is 20.3. The van der Waals surface area contributed by atoms with Crippen LogP contribution < -0.4 is 19.7 Å². The van der Waals surface area contributed by atoms with Crippen LogP contribution in [0.1, 0.15) is 20.7 Å². The fourth-order valence-electron chi connectivity index (χ4n) is 4.35. The van der Waals surface area contributed by atoms with Crippen molar-refractivity contribution in [2.45, 2.75) is 0 Å². The first-order chi connectivity index (χ1) is 15.7. The molecule has 164 valence electrons. The molecule has 3 aromatic rings. The van der Waals surface area contributed by atoms with Gasteiger partial charge in [-0.15, -0.1) is 0 Å². The smallest absolute Gasteiger partial charge is 0.254 e. The minimum Gasteiger partial charge on any atom is -0.454 e. The van der Waals surface area contributed by atoms with Crippen molar-refractivity contribution in [2.24, 2.45) is 0 Å². The van der Waals surface area contributed by atoms with E-state index in [1.807, 2.05) is 47.4 Å². The average molecular weight is 433 g/mol. The molecule has 7 nitrogen and oxygen atoms in total. The van der Waals surface area contributed by atoms with E-state index in [-0.39, 0.29) is 18.6 Å². The standard InChI is InChI=1S/C25H25N3O4/c29-24(19-8-9-22-23(16-19)32-17-31-22)26-10-11-27-12-14-28(15-13-27)25(30)21-7-3-5-18-4-1-2-6-20(18)21/h1-9,16H,10-15,17H2,(H,26,29)/p+1. The van der Waals surface area contributed by atoms with Crippen LogP contribution in [0.5, 0.6) is 11.5 Å². The zero-order valence-electron chi connectivity index (χ0n) is 17.8. The summed E-state index contributed by atoms with van der Waals surface area (Å²) in [6.45, 7) is 4.78. The number of nitrogens with one attached hydrogen (secondary N) is 2. The lowest BCUT2D eigenvalue weighted by atomic mass is 10.0. The Morgan fingerprint density at radius 3 is 2.59 bits per heavy atom. The van der Waals surface area contributed by atoms with E-state index >= 15 is 0 Å². The maximum Gasteiger partial charge on any atom is 0.254 e. The lowest BCUT2D eigenvalue weighted by molar-refractivity contribution is -0.902. The lowest BCUT2D eigenvalue weighted by Crippen LogP contribution is -3.15. The number of benzene rings is 3. The highest BCUT2D eigenvalue weighted by Crippen LogP contribution is 2.32. The van der Waals surface area contributed by atoms with E-state index in [4.69, 9.17) is 9.47 Å². The molecule has 2 aliphatic rings. The Morgan fingerprint density at radius 2 is 1.72 bits per heavy atom. The summed E-state index contributed by atoms with van der Waals surface area (Å²) in [4.78, 5) is 28.9. The summed E-state index contributed by atoms with van der Waals surface area (Å²) in [5.41, 5.74) is 1.33. The van der Waals surface area contributed by atoms with E-state index < -0.39 is 0 Å². The zero-order chi connectivity index (χ0) is 21.9. The van der Waals surface area contributed by atoms with Crippen molar-refractivity contribution in [1.29, 1.82) is 0 Å². The SMILES string of the molecule is O=C(NCC[NH+]1CCN(C(=O)c2cccc3ccccc23)CC1)c1ccc2c(c1)OCO2. The van der Waals surface area contributed by atoms with Crippen LogP contribution in [0.4, 0.5) is 0 Å². The monoisotopic (exact) mass is 432 g/mol. The van der Waals surface area contributed by atoms with E-state index in [0.717, 1.165) is 36.0 Å². The molecule has 3 aromatic carbocycles. The van der Waals surface area contributed by atoms with Crippen LogP contribution in [0.3, 0.4) is 0 Å². The van der Waals surface area contributed by atoms with Crippen LogP contribution in [-0.2, 0) is 0 Å². The highest BCUT2D eigenvalue weighted by molar-refractivity contribution is 6.07. The number of fused-ring (bicyclic) bond motifs is 2. The summed E-state index contributed by atoms with van der Waals surface area (Å²) in [5.74, 6) is 1.25. The maximum absolute atomic E-state index is 13.1. The molecule has 0 saturated carbocycles. The molecule has 0 aromatic heterocycles. The third-order valence-corrected chi connectivity index (χ3v) is 6.18. The van der Waals surface area contributed by atoms with Gasteiger partial charge in [0.05, 0.1) is 39.3 Å². The van der Waals surface area contributed by atoms with Crippen LogP contribution in [0.25, 0.3) is 10.8 Å². The highest BCUT2D eigenvalue weighted by atomic mass is 16.7. The van der Waals surface area contributed by atoms with Crippen LogP contribution >= 0.6 is 0 Å². The van der Waals surface area contributed by atoms with Crippen LogP contribution in [-0.4, -0.2) is 62.8 Å². The van der Waals surface area contributed by atoms with Crippen molar-refractivity contribution in [2.75, 3.05) is 46.1 Å². The number of ether oxygens (including phenoxy) is 2. The second kappa shape index (κ2) is 8.88. The molecular weight excluding hydrogens is 406 g/mol. The predicted octanol–water partition coefficient (Wildman–Crippen LogP) is 1.34. The third kappa shape index (κ3) is 4.11. The summed E-state index contributed by atoms with van der Waals surface area (Å²) < 4.78 is 10.6. The molecule has 1 fully saturated rings. The molecule has 2 amide bonds. The average Bonchev–Trinajstić information content (AvgIpc) is 3.31. The molecule has 0 unspecified atom stereocenters. The van der Waals surface area contributed by atoms with Gasteiger partial charge in [-0.25, -0.2) is 0 Å². The van der Waals surface area contributed by atoms with Crippen molar-refractivity contribution < 1.29 is 24.0 Å². The lowest BCUT2D eigenvalue weighted by Gasteiger charge is -2.32. The normalized spacial score (nSPS) is 15.7. The number of hydrogen-bond donors (Lipinski definition) is 2. The largest absolute Gasteiger partial charge is 0.454 e. The van der Waals surface area contributed by atoms with Gasteiger partial charge < -0.3 is 24.6 Å². The molecule has 7 heteroatoms. The van der Waals surface area contributed by atoms with Gasteiger partial charge in [-0.1, -0.05) is 36.4 Å². The van der Waals surface area contributed by atoms with Gasteiger partial charge >= 0.3 is 0 Å². The summed E-state index contributed by atoms with van der Waals surface area (Å²) in [7, 11) is 0. The van der Waals surface area contributed by atoms with Gasteiger partial charge in [0.1, 0.15) is 0 Å². The number of rotatable bonds is 5. The second-order valence-corrected chi connectivity index (χ2v) is 8.14. The first-order valence-electron chi connectivity index (χ1n) is 11.0. The van der Waals surface area contributed by atoms with E-state index in [1.165, 1.54) is 4.90 Å². The Hall–Kier alpha value is -3.58. The molecule has 5 rings (SSSR count). The van der Waals surface area contributed by atoms with E-state index in [1.54, 1.807) is 18.2 Å². The van der Waals surface area contributed by atoms with Gasteiger partial charge in [0, 0.05) is 11.1 Å². The molecule has 0 spiro atoms. The fraction of sp³-hybridized carbons (Fsp3) is 0.280. The van der Waals surface area contributed by atoms with E-state index in [9.17, 15) is 9.59 Å². The number of nitrogens with zero attached hydrogens (tertiary/aromatic N) is 1. The topological polar surface area (TPSA) is 72.3 Å². The summed E-state index contributed by atoms with van der Waals surface area (Å²) in [6, 6.07) is 19.1. The van der Waals surface area contributed by atoms with Crippen LogP contribution in [0.15, 0.2) is 60.7 Å². The molecule has 2 heterocycles. The number of carbonyl (C=O) groups excluding carboxylic acids is 2. The number of amides is 2. The summed E-state index contributed by atoms with van der Waals surface area (Å²) >= 11 is 0. The van der Waals surface area contributed by atoms with Crippen molar-refractivity contribution in [1.82, 2.24) is 10.2 Å². The van der Waals surface area contributed by atoms with Gasteiger partial charge in [0.15, 0.2) is 11.5 Å². The maximum atomic E-state index is 13.1. The molecule has 1 saturated heterocycles. The molecule has 32 heavy (non-hydrogen) atoms. The number of piperazine rings is 1. The quantitative estimate of drug-likeness (QED) is 0.638. The Morgan fingerprint density at radius 1 is 0.938 bits per heavy atom. The van der Waals surface area contributed by atoms with Gasteiger partial charge in [-0.05, 0) is 35.0 Å². The molecule has 0 aliphatic carbocycles. The van der Waals surface area contributed by atoms with Gasteiger partial charge in [-0.2, -0.15) is 0 Å². The van der Waals surface area contributed by atoms with Gasteiger partial charge in [-0.3, -0.25) is 9.59 Å². The number of quaternary nitrogens is 1. The summed E-state index contributed by atoms with van der Waals surface area (Å²) in [5, 5.41) is 5.07. The molecule has 0 bridgehead atoms. The molecule has 0 atom stereocenters. The van der Waals surface area contributed by atoms with Crippen molar-refractivity contribution >= 4 is 22.6 Å². The molecule has 2 N–H and O–H groups in total. The summed E-state index contributed by atoms with van der Waals surface area (Å²) in [6.07, 6.45) is 0. The third-order valence-electron chi connectivity index (χ3n) is 6.18. The second-order valence-electron chi connectivity index (χ2n) is 8.14. The Balaban J connectivity index is 1.11.